The molecule has 46 heavy (non-hydrogen) atoms. The number of rotatable bonds is 13. The summed E-state index contributed by atoms with van der Waals surface area (Å²) in [5.74, 6) is -3.58. The van der Waals surface area contributed by atoms with Gasteiger partial charge in [0.15, 0.2) is 30.9 Å². The number of aliphatic hydroxyl groups excluding tert-OH is 1. The molecule has 0 spiro atoms. The third-order valence-electron chi connectivity index (χ3n) is 6.95. The second kappa shape index (κ2) is 17.3. The van der Waals surface area contributed by atoms with Crippen molar-refractivity contribution < 1.29 is 71.7 Å². The van der Waals surface area contributed by atoms with Crippen LogP contribution in [-0.2, 0) is 73.2 Å². The lowest BCUT2D eigenvalue weighted by molar-refractivity contribution is -0.351. The van der Waals surface area contributed by atoms with E-state index < -0.39 is 104 Å². The highest BCUT2D eigenvalue weighted by molar-refractivity contribution is 5.73. The second-order valence-electron chi connectivity index (χ2n) is 10.6. The molecule has 2 aliphatic heterocycles. The Labute approximate surface area is 265 Å². The molecule has 3 rings (SSSR count). The molecule has 16 nitrogen and oxygen atoms in total. The predicted octanol–water partition coefficient (Wildman–Crippen LogP) is -0.0916. The third-order valence-corrected chi connectivity index (χ3v) is 6.95. The standard InChI is InChI=1S/C30H41NO15/c1-15(33)31-23-26(40-13-20-10-8-7-9-11-20)24(21(12-32)44-29(23)38-6)46-30-28(43-19(5)37)27(42-18(4)36)25(41-17(3)35)22(45-30)14-39-16(2)34/h7-11,21-30,32H,12-14H2,1-6H3,(H,31,33)/t21-,22-,23-,24-,25+,26-,27+,28-,29-,30+/m1/s1. The van der Waals surface area contributed by atoms with Crippen LogP contribution < -0.4 is 5.32 Å². The van der Waals surface area contributed by atoms with E-state index in [-0.39, 0.29) is 6.61 Å². The van der Waals surface area contributed by atoms with Crippen molar-refractivity contribution in [2.75, 3.05) is 20.3 Å². The summed E-state index contributed by atoms with van der Waals surface area (Å²) in [5.41, 5.74) is 0.774. The number of aliphatic hydroxyl groups is 1. The quantitative estimate of drug-likeness (QED) is 0.211. The summed E-state index contributed by atoms with van der Waals surface area (Å²) >= 11 is 0. The van der Waals surface area contributed by atoms with Crippen molar-refractivity contribution >= 4 is 29.8 Å². The Balaban J connectivity index is 2.08. The first kappa shape index (κ1) is 36.8. The van der Waals surface area contributed by atoms with Gasteiger partial charge in [-0.3, -0.25) is 24.0 Å². The number of hydrogen-bond acceptors (Lipinski definition) is 15. The van der Waals surface area contributed by atoms with Gasteiger partial charge in [0.2, 0.25) is 5.91 Å². The largest absolute Gasteiger partial charge is 0.463 e. The van der Waals surface area contributed by atoms with Crippen molar-refractivity contribution in [2.24, 2.45) is 0 Å². The van der Waals surface area contributed by atoms with Gasteiger partial charge in [-0.05, 0) is 5.56 Å². The Morgan fingerprint density at radius 1 is 0.739 bits per heavy atom. The first-order valence-corrected chi connectivity index (χ1v) is 14.5. The van der Waals surface area contributed by atoms with E-state index in [2.05, 4.69) is 5.32 Å². The SMILES string of the molecule is CO[C@@H]1O[C@H](CO)[C@@H](O[C@@H]2O[C@H](COC(C)=O)[C@H](OC(C)=O)[C@H](OC(C)=O)[C@H]2OC(C)=O)[C@H](OCc2ccccc2)[C@H]1NC(C)=O. The lowest BCUT2D eigenvalue weighted by atomic mass is 9.94. The highest BCUT2D eigenvalue weighted by Gasteiger charge is 2.56. The molecule has 0 aliphatic carbocycles. The zero-order valence-corrected chi connectivity index (χ0v) is 26.4. The highest BCUT2D eigenvalue weighted by Crippen LogP contribution is 2.34. The monoisotopic (exact) mass is 655 g/mol. The molecule has 0 bridgehead atoms. The van der Waals surface area contributed by atoms with Crippen LogP contribution in [0.5, 0.6) is 0 Å². The maximum Gasteiger partial charge on any atom is 0.303 e. The number of methoxy groups -OCH3 is 1. The van der Waals surface area contributed by atoms with Crippen molar-refractivity contribution in [1.82, 2.24) is 5.32 Å². The zero-order valence-electron chi connectivity index (χ0n) is 26.4. The molecule has 1 aromatic rings. The van der Waals surface area contributed by atoms with Crippen LogP contribution in [0.15, 0.2) is 30.3 Å². The first-order valence-electron chi connectivity index (χ1n) is 14.5. The average Bonchev–Trinajstić information content (AvgIpc) is 2.98. The summed E-state index contributed by atoms with van der Waals surface area (Å²) in [4.78, 5) is 60.6. The molecule has 256 valence electrons. The predicted molar refractivity (Wildman–Crippen MR) is 152 cm³/mol. The molecule has 0 saturated carbocycles. The summed E-state index contributed by atoms with van der Waals surface area (Å²) in [7, 11) is 1.35. The van der Waals surface area contributed by atoms with Crippen LogP contribution in [-0.4, -0.2) is 117 Å². The van der Waals surface area contributed by atoms with Crippen molar-refractivity contribution in [3.8, 4) is 0 Å². The minimum atomic E-state index is -1.61. The Morgan fingerprint density at radius 2 is 1.33 bits per heavy atom. The van der Waals surface area contributed by atoms with Crippen LogP contribution in [0.4, 0.5) is 0 Å². The van der Waals surface area contributed by atoms with Crippen molar-refractivity contribution in [1.29, 1.82) is 0 Å². The van der Waals surface area contributed by atoms with Crippen LogP contribution in [0.2, 0.25) is 0 Å². The Kier molecular flexibility index (Phi) is 13.8. The molecule has 16 heteroatoms. The Morgan fingerprint density at radius 3 is 1.87 bits per heavy atom. The molecule has 2 N–H and O–H groups in total. The van der Waals surface area contributed by atoms with Crippen LogP contribution in [0, 0.1) is 0 Å². The van der Waals surface area contributed by atoms with Gasteiger partial charge in [-0.25, -0.2) is 0 Å². The number of esters is 4. The van der Waals surface area contributed by atoms with E-state index >= 15 is 0 Å². The van der Waals surface area contributed by atoms with Gasteiger partial charge >= 0.3 is 23.9 Å². The number of carbonyl (C=O) groups is 5. The van der Waals surface area contributed by atoms with Crippen LogP contribution in [0.3, 0.4) is 0 Å². The number of benzene rings is 1. The van der Waals surface area contributed by atoms with Crippen molar-refractivity contribution in [3.63, 3.8) is 0 Å². The van der Waals surface area contributed by atoms with E-state index in [1.54, 1.807) is 0 Å². The molecule has 0 radical (unpaired) electrons. The van der Waals surface area contributed by atoms with Crippen molar-refractivity contribution in [2.45, 2.75) is 103 Å². The summed E-state index contributed by atoms with van der Waals surface area (Å²) < 4.78 is 51.7. The van der Waals surface area contributed by atoms with Gasteiger partial charge in [-0.15, -0.1) is 0 Å². The lowest BCUT2D eigenvalue weighted by Gasteiger charge is -2.49. The van der Waals surface area contributed by atoms with Crippen LogP contribution in [0.1, 0.15) is 40.2 Å². The molecule has 10 atom stereocenters. The van der Waals surface area contributed by atoms with E-state index in [4.69, 9.17) is 42.6 Å². The van der Waals surface area contributed by atoms with Crippen LogP contribution in [0.25, 0.3) is 0 Å². The fourth-order valence-corrected chi connectivity index (χ4v) is 5.22. The van der Waals surface area contributed by atoms with Gasteiger partial charge in [0.1, 0.15) is 37.1 Å². The van der Waals surface area contributed by atoms with E-state index in [0.717, 1.165) is 33.3 Å². The molecule has 2 heterocycles. The molecule has 1 amide bonds. The summed E-state index contributed by atoms with van der Waals surface area (Å²) in [6, 6.07) is 8.11. The Hall–Kier alpha value is -3.67. The fraction of sp³-hybridized carbons (Fsp3) is 0.633. The lowest BCUT2D eigenvalue weighted by Crippen LogP contribution is -2.68. The first-order chi connectivity index (χ1) is 21.8. The van der Waals surface area contributed by atoms with E-state index in [1.165, 1.54) is 14.0 Å². The minimum Gasteiger partial charge on any atom is -0.463 e. The fourth-order valence-electron chi connectivity index (χ4n) is 5.22. The molecule has 0 aromatic heterocycles. The zero-order chi connectivity index (χ0) is 34.0. The number of hydrogen-bond donors (Lipinski definition) is 2. The van der Waals surface area contributed by atoms with Gasteiger partial charge in [-0.2, -0.15) is 0 Å². The van der Waals surface area contributed by atoms with E-state index in [0.29, 0.717) is 0 Å². The maximum atomic E-state index is 12.3. The molecule has 2 fully saturated rings. The van der Waals surface area contributed by atoms with Gasteiger partial charge in [-0.1, -0.05) is 30.3 Å². The molecular weight excluding hydrogens is 614 g/mol. The smallest absolute Gasteiger partial charge is 0.303 e. The number of nitrogens with one attached hydrogen (secondary N) is 1. The minimum absolute atomic E-state index is 0.0363. The highest BCUT2D eigenvalue weighted by atomic mass is 16.8. The molecule has 2 aliphatic rings. The van der Waals surface area contributed by atoms with Crippen LogP contribution >= 0.6 is 0 Å². The van der Waals surface area contributed by atoms with Gasteiger partial charge in [0.25, 0.3) is 0 Å². The average molecular weight is 656 g/mol. The Bertz CT molecular complexity index is 1200. The van der Waals surface area contributed by atoms with E-state index in [1.807, 2.05) is 30.3 Å². The third kappa shape index (κ3) is 10.2. The van der Waals surface area contributed by atoms with Gasteiger partial charge in [0, 0.05) is 41.7 Å². The molecule has 2 saturated heterocycles. The number of ether oxygens (including phenoxy) is 9. The topological polar surface area (TPSA) is 201 Å². The van der Waals surface area contributed by atoms with Gasteiger partial charge in [0.05, 0.1) is 13.2 Å². The molecular formula is C30H41NO15. The normalized spacial score (nSPS) is 30.8. The maximum absolute atomic E-state index is 12.3. The van der Waals surface area contributed by atoms with E-state index in [9.17, 15) is 29.1 Å². The number of amides is 1. The van der Waals surface area contributed by atoms with Gasteiger partial charge < -0.3 is 53.1 Å². The summed E-state index contributed by atoms with van der Waals surface area (Å²) in [5, 5.41) is 13.1. The second-order valence-corrected chi connectivity index (χ2v) is 10.6. The summed E-state index contributed by atoms with van der Waals surface area (Å²) in [6.45, 7) is 4.67. The van der Waals surface area contributed by atoms with Crippen molar-refractivity contribution in [3.05, 3.63) is 35.9 Å². The summed E-state index contributed by atoms with van der Waals surface area (Å²) in [6.07, 6.45) is -11.9. The number of carbonyl (C=O) groups excluding carboxylic acids is 5. The molecule has 1 aromatic carbocycles. The molecule has 0 unspecified atom stereocenters.